The maximum absolute atomic E-state index is 11.8. The molecule has 0 bridgehead atoms. The lowest BCUT2D eigenvalue weighted by molar-refractivity contribution is -0.134. The molecule has 3 heterocycles. The number of carbonyl (C=O) groups is 1. The molecule has 2 aliphatic heterocycles. The number of fused-ring (bicyclic) bond motifs is 5. The predicted molar refractivity (Wildman–Crippen MR) is 101 cm³/mol. The number of H-pyrrole nitrogens is 1. The smallest absolute Gasteiger partial charge is 0.334 e. The summed E-state index contributed by atoms with van der Waals surface area (Å²) in [5, 5.41) is 11.0. The molecule has 0 spiro atoms. The molecule has 4 rings (SSSR count). The van der Waals surface area contributed by atoms with Crippen LogP contribution in [0.3, 0.4) is 0 Å². The zero-order chi connectivity index (χ0) is 18.3. The number of hydrogen-bond donors (Lipinski definition) is 2. The van der Waals surface area contributed by atoms with Crippen molar-refractivity contribution in [1.29, 1.82) is 0 Å². The molecule has 26 heavy (non-hydrogen) atoms. The van der Waals surface area contributed by atoms with Crippen LogP contribution in [0.2, 0.25) is 0 Å². The van der Waals surface area contributed by atoms with Gasteiger partial charge in [0.05, 0.1) is 25.0 Å². The van der Waals surface area contributed by atoms with Gasteiger partial charge in [0.2, 0.25) is 0 Å². The lowest BCUT2D eigenvalue weighted by Gasteiger charge is -2.46. The first kappa shape index (κ1) is 17.2. The molecule has 3 atom stereocenters. The molecule has 1 fully saturated rings. The number of para-hydroxylation sites is 1. The van der Waals surface area contributed by atoms with Gasteiger partial charge in [-0.25, -0.2) is 4.79 Å². The van der Waals surface area contributed by atoms with Crippen LogP contribution in [-0.2, 0) is 16.0 Å². The van der Waals surface area contributed by atoms with E-state index in [9.17, 15) is 9.90 Å². The zero-order valence-electron chi connectivity index (χ0n) is 15.4. The molecule has 1 aromatic carbocycles. The highest BCUT2D eigenvalue weighted by Gasteiger charge is 2.42. The summed E-state index contributed by atoms with van der Waals surface area (Å²) in [5.41, 5.74) is 4.27. The number of aliphatic carboxylic acids is 1. The number of aromatic nitrogens is 1. The van der Waals surface area contributed by atoms with Crippen LogP contribution >= 0.6 is 0 Å². The van der Waals surface area contributed by atoms with E-state index in [-0.39, 0.29) is 12.0 Å². The lowest BCUT2D eigenvalue weighted by Crippen LogP contribution is -2.46. The third kappa shape index (κ3) is 2.71. The largest absolute Gasteiger partial charge is 0.504 e. The van der Waals surface area contributed by atoms with Crippen molar-refractivity contribution in [1.82, 2.24) is 9.88 Å². The van der Waals surface area contributed by atoms with Gasteiger partial charge in [-0.15, -0.1) is 0 Å². The van der Waals surface area contributed by atoms with Crippen LogP contribution < -0.4 is 0 Å². The molecule has 0 amide bonds. The molecule has 138 valence electrons. The monoisotopic (exact) mass is 354 g/mol. The molecular weight excluding hydrogens is 328 g/mol. The summed E-state index contributed by atoms with van der Waals surface area (Å²) in [6.07, 6.45) is 4.28. The van der Waals surface area contributed by atoms with Crippen LogP contribution in [0.15, 0.2) is 36.1 Å². The van der Waals surface area contributed by atoms with Crippen LogP contribution in [0, 0.1) is 11.8 Å². The number of rotatable bonds is 4. The predicted octanol–water partition coefficient (Wildman–Crippen LogP) is 3.73. The van der Waals surface area contributed by atoms with Crippen LogP contribution in [0.5, 0.6) is 0 Å². The number of carboxylic acids is 1. The highest BCUT2D eigenvalue weighted by atomic mass is 16.5. The number of carboxylic acid groups (broad SMARTS) is 1. The fourth-order valence-corrected chi connectivity index (χ4v) is 4.93. The summed E-state index contributed by atoms with van der Waals surface area (Å²) < 4.78 is 5.10. The molecule has 5 heteroatoms. The average molecular weight is 354 g/mol. The van der Waals surface area contributed by atoms with Gasteiger partial charge in [0.1, 0.15) is 0 Å². The second kappa shape index (κ2) is 6.80. The number of ether oxygens (including phenoxy) is 1. The summed E-state index contributed by atoms with van der Waals surface area (Å²) in [6, 6.07) is 8.70. The summed E-state index contributed by atoms with van der Waals surface area (Å²) in [7, 11) is 1.52. The minimum atomic E-state index is -0.864. The Hall–Kier alpha value is -2.27. The standard InChI is InChI=1S/C21H26N2O3/c1-3-13-11-23-9-8-15-14-6-4-5-7-18(14)22-20(15)19(23)10-16(13)17(12-26-2)21(24)25/h4-7,12-13,16,19,22H,3,8-11H2,1-2H3,(H,24,25)/b17-12+. The van der Waals surface area contributed by atoms with Crippen molar-refractivity contribution in [2.75, 3.05) is 20.2 Å². The SMILES string of the molecule is CCC1CN2CCc3c([nH]c4ccccc34)C2CC1/C(=C\OC)C(=O)O. The highest BCUT2D eigenvalue weighted by molar-refractivity contribution is 5.87. The first-order valence-electron chi connectivity index (χ1n) is 9.43. The first-order valence-corrected chi connectivity index (χ1v) is 9.43. The Kier molecular flexibility index (Phi) is 4.49. The number of hydrogen-bond acceptors (Lipinski definition) is 3. The van der Waals surface area contributed by atoms with Crippen molar-refractivity contribution in [3.05, 3.63) is 47.4 Å². The fourth-order valence-electron chi connectivity index (χ4n) is 4.93. The number of nitrogens with one attached hydrogen (secondary N) is 1. The molecule has 0 saturated carbocycles. The fraction of sp³-hybridized carbons (Fsp3) is 0.476. The molecule has 2 aromatic rings. The number of nitrogens with zero attached hydrogens (tertiary/aromatic N) is 1. The van der Waals surface area contributed by atoms with E-state index in [1.807, 2.05) is 0 Å². The van der Waals surface area contributed by atoms with Gasteiger partial charge in [-0.3, -0.25) is 4.90 Å². The molecular formula is C21H26N2O3. The normalized spacial score (nSPS) is 26.4. The van der Waals surface area contributed by atoms with Gasteiger partial charge in [-0.05, 0) is 36.3 Å². The van der Waals surface area contributed by atoms with E-state index in [4.69, 9.17) is 4.74 Å². The van der Waals surface area contributed by atoms with Gasteiger partial charge >= 0.3 is 5.97 Å². The average Bonchev–Trinajstić information content (AvgIpc) is 3.04. The maximum Gasteiger partial charge on any atom is 0.334 e. The Balaban J connectivity index is 1.74. The summed E-state index contributed by atoms with van der Waals surface area (Å²) >= 11 is 0. The number of piperidine rings is 1. The molecule has 0 radical (unpaired) electrons. The van der Waals surface area contributed by atoms with Crippen molar-refractivity contribution in [3.8, 4) is 0 Å². The van der Waals surface area contributed by atoms with Gasteiger partial charge in [-0.2, -0.15) is 0 Å². The Labute approximate surface area is 153 Å². The van der Waals surface area contributed by atoms with Crippen molar-refractivity contribution >= 4 is 16.9 Å². The summed E-state index contributed by atoms with van der Waals surface area (Å²) in [5.74, 6) is -0.512. The van der Waals surface area contributed by atoms with Crippen LogP contribution in [0.25, 0.3) is 10.9 Å². The zero-order valence-corrected chi connectivity index (χ0v) is 15.4. The topological polar surface area (TPSA) is 65.6 Å². The van der Waals surface area contributed by atoms with Crippen LogP contribution in [0.4, 0.5) is 0 Å². The van der Waals surface area contributed by atoms with E-state index in [0.717, 1.165) is 32.4 Å². The molecule has 1 saturated heterocycles. The van der Waals surface area contributed by atoms with Crippen LogP contribution in [-0.4, -0.2) is 41.2 Å². The van der Waals surface area contributed by atoms with Crippen molar-refractivity contribution < 1.29 is 14.6 Å². The lowest BCUT2D eigenvalue weighted by atomic mass is 9.74. The Morgan fingerprint density at radius 2 is 2.23 bits per heavy atom. The van der Waals surface area contributed by atoms with Gasteiger partial charge in [0.25, 0.3) is 0 Å². The third-order valence-electron chi connectivity index (χ3n) is 6.20. The van der Waals surface area contributed by atoms with Crippen molar-refractivity contribution in [3.63, 3.8) is 0 Å². The van der Waals surface area contributed by atoms with Gasteiger partial charge < -0.3 is 14.8 Å². The number of methoxy groups -OCH3 is 1. The minimum Gasteiger partial charge on any atom is -0.504 e. The Morgan fingerprint density at radius 1 is 1.42 bits per heavy atom. The van der Waals surface area contributed by atoms with Crippen molar-refractivity contribution in [2.24, 2.45) is 11.8 Å². The number of benzene rings is 1. The third-order valence-corrected chi connectivity index (χ3v) is 6.20. The second-order valence-corrected chi connectivity index (χ2v) is 7.45. The number of aromatic amines is 1. The van der Waals surface area contributed by atoms with E-state index in [2.05, 4.69) is 41.1 Å². The molecule has 2 N–H and O–H groups in total. The molecule has 2 aliphatic rings. The summed E-state index contributed by atoms with van der Waals surface area (Å²) in [4.78, 5) is 18.0. The van der Waals surface area contributed by atoms with E-state index in [1.165, 1.54) is 35.5 Å². The van der Waals surface area contributed by atoms with E-state index >= 15 is 0 Å². The highest BCUT2D eigenvalue weighted by Crippen LogP contribution is 2.45. The molecule has 1 aromatic heterocycles. The van der Waals surface area contributed by atoms with E-state index in [0.29, 0.717) is 11.5 Å². The van der Waals surface area contributed by atoms with Gasteiger partial charge in [0.15, 0.2) is 0 Å². The first-order chi connectivity index (χ1) is 12.6. The van der Waals surface area contributed by atoms with Crippen molar-refractivity contribution in [2.45, 2.75) is 32.2 Å². The van der Waals surface area contributed by atoms with Gasteiger partial charge in [-0.1, -0.05) is 31.5 Å². The molecule has 5 nitrogen and oxygen atoms in total. The van der Waals surface area contributed by atoms with Crippen LogP contribution in [0.1, 0.15) is 37.1 Å². The Bertz CT molecular complexity index is 854. The van der Waals surface area contributed by atoms with E-state index < -0.39 is 5.97 Å². The minimum absolute atomic E-state index is 0.0102. The second-order valence-electron chi connectivity index (χ2n) is 7.45. The quantitative estimate of drug-likeness (QED) is 0.649. The van der Waals surface area contributed by atoms with E-state index in [1.54, 1.807) is 0 Å². The molecule has 0 aliphatic carbocycles. The molecule has 3 unspecified atom stereocenters. The maximum atomic E-state index is 11.8. The Morgan fingerprint density at radius 3 is 2.96 bits per heavy atom. The van der Waals surface area contributed by atoms with Gasteiger partial charge in [0, 0.05) is 29.7 Å². The summed E-state index contributed by atoms with van der Waals surface area (Å²) in [6.45, 7) is 4.14.